The molecule has 1 aliphatic rings. The molecule has 0 aromatic carbocycles. The second-order valence-corrected chi connectivity index (χ2v) is 6.35. The van der Waals surface area contributed by atoms with Crippen LogP contribution in [-0.2, 0) is 0 Å². The largest absolute Gasteiger partial charge is 0.312 e. The average Bonchev–Trinajstić information content (AvgIpc) is 2.62. The molecule has 1 unspecified atom stereocenters. The van der Waals surface area contributed by atoms with Crippen LogP contribution in [-0.4, -0.2) is 7.05 Å². The molecule has 0 saturated heterocycles. The highest BCUT2D eigenvalue weighted by molar-refractivity contribution is 7.10. The Balaban J connectivity index is 1.97. The molecule has 1 aromatic heterocycles. The lowest BCUT2D eigenvalue weighted by Gasteiger charge is -2.22. The van der Waals surface area contributed by atoms with E-state index in [1.807, 2.05) is 11.3 Å². The summed E-state index contributed by atoms with van der Waals surface area (Å²) in [6.07, 6.45) is 10.0. The van der Waals surface area contributed by atoms with E-state index >= 15 is 0 Å². The Morgan fingerprint density at radius 2 is 2.00 bits per heavy atom. The number of hydrogen-bond acceptors (Lipinski definition) is 2. The van der Waals surface area contributed by atoms with Gasteiger partial charge < -0.3 is 5.32 Å². The van der Waals surface area contributed by atoms with E-state index in [0.29, 0.717) is 6.04 Å². The van der Waals surface area contributed by atoms with Crippen LogP contribution in [0.15, 0.2) is 11.4 Å². The van der Waals surface area contributed by atoms with Crippen LogP contribution < -0.4 is 5.32 Å². The van der Waals surface area contributed by atoms with Crippen molar-refractivity contribution in [2.45, 2.75) is 57.9 Å². The maximum atomic E-state index is 3.52. The predicted molar refractivity (Wildman–Crippen MR) is 76.7 cm³/mol. The van der Waals surface area contributed by atoms with Gasteiger partial charge in [-0.1, -0.05) is 38.5 Å². The maximum absolute atomic E-state index is 3.52. The van der Waals surface area contributed by atoms with Gasteiger partial charge in [-0.2, -0.15) is 0 Å². The fraction of sp³-hybridized carbons (Fsp3) is 0.733. The summed E-state index contributed by atoms with van der Waals surface area (Å²) in [5.41, 5.74) is 1.46. The molecule has 0 spiro atoms. The molecule has 96 valence electrons. The van der Waals surface area contributed by atoms with Crippen LogP contribution in [0, 0.1) is 12.8 Å². The van der Waals surface area contributed by atoms with E-state index in [-0.39, 0.29) is 0 Å². The van der Waals surface area contributed by atoms with Crippen LogP contribution in [0.2, 0.25) is 0 Å². The number of rotatable bonds is 4. The molecule has 1 saturated carbocycles. The van der Waals surface area contributed by atoms with Crippen molar-refractivity contribution in [1.82, 2.24) is 5.32 Å². The summed E-state index contributed by atoms with van der Waals surface area (Å²) in [4.78, 5) is 1.55. The molecule has 1 fully saturated rings. The first-order valence-corrected chi connectivity index (χ1v) is 7.90. The molecule has 0 aliphatic heterocycles. The minimum absolute atomic E-state index is 0.582. The summed E-state index contributed by atoms with van der Waals surface area (Å²) >= 11 is 1.91. The Morgan fingerprint density at radius 3 is 2.53 bits per heavy atom. The first kappa shape index (κ1) is 13.1. The Kier molecular flexibility index (Phi) is 5.05. The van der Waals surface area contributed by atoms with Crippen molar-refractivity contribution >= 4 is 11.3 Å². The predicted octanol–water partition coefficient (Wildman–Crippen LogP) is 4.68. The molecule has 1 aliphatic carbocycles. The lowest BCUT2D eigenvalue weighted by atomic mass is 9.91. The lowest BCUT2D eigenvalue weighted by Crippen LogP contribution is -2.19. The van der Waals surface area contributed by atoms with E-state index in [1.165, 1.54) is 50.5 Å². The van der Waals surface area contributed by atoms with Crippen LogP contribution in [0.5, 0.6) is 0 Å². The van der Waals surface area contributed by atoms with Gasteiger partial charge in [0.05, 0.1) is 0 Å². The topological polar surface area (TPSA) is 12.0 Å². The third kappa shape index (κ3) is 3.56. The first-order valence-electron chi connectivity index (χ1n) is 7.02. The van der Waals surface area contributed by atoms with Gasteiger partial charge in [0.15, 0.2) is 0 Å². The summed E-state index contributed by atoms with van der Waals surface area (Å²) in [6.45, 7) is 2.24. The zero-order valence-electron chi connectivity index (χ0n) is 11.2. The molecule has 2 rings (SSSR count). The maximum Gasteiger partial charge on any atom is 0.0417 e. The van der Waals surface area contributed by atoms with Crippen molar-refractivity contribution < 1.29 is 0 Å². The van der Waals surface area contributed by atoms with Crippen molar-refractivity contribution in [2.24, 2.45) is 5.92 Å². The van der Waals surface area contributed by atoms with E-state index in [1.54, 1.807) is 4.88 Å². The van der Waals surface area contributed by atoms with Gasteiger partial charge in [0.25, 0.3) is 0 Å². The molecule has 2 heteroatoms. The number of aryl methyl sites for hydroxylation is 1. The minimum Gasteiger partial charge on any atom is -0.312 e. The summed E-state index contributed by atoms with van der Waals surface area (Å²) in [6, 6.07) is 2.83. The SMILES string of the molecule is CNC(CC1CCCCCC1)c1sccc1C. The number of nitrogens with one attached hydrogen (secondary N) is 1. The van der Waals surface area contributed by atoms with Crippen LogP contribution in [0.3, 0.4) is 0 Å². The first-order chi connectivity index (χ1) is 8.31. The van der Waals surface area contributed by atoms with Crippen LogP contribution >= 0.6 is 11.3 Å². The highest BCUT2D eigenvalue weighted by Gasteiger charge is 2.20. The standard InChI is InChI=1S/C15H25NS/c1-12-9-10-17-15(12)14(16-2)11-13-7-5-3-4-6-8-13/h9-10,13-14,16H,3-8,11H2,1-2H3. The van der Waals surface area contributed by atoms with Crippen molar-refractivity contribution in [3.63, 3.8) is 0 Å². The monoisotopic (exact) mass is 251 g/mol. The molecule has 0 amide bonds. The van der Waals surface area contributed by atoms with Crippen molar-refractivity contribution in [3.8, 4) is 0 Å². The van der Waals surface area contributed by atoms with E-state index in [0.717, 1.165) is 5.92 Å². The average molecular weight is 251 g/mol. The Morgan fingerprint density at radius 1 is 1.29 bits per heavy atom. The van der Waals surface area contributed by atoms with Crippen LogP contribution in [0.1, 0.15) is 61.4 Å². The van der Waals surface area contributed by atoms with Gasteiger partial charge in [-0.3, -0.25) is 0 Å². The Labute approximate surface area is 110 Å². The van der Waals surface area contributed by atoms with Crippen molar-refractivity contribution in [3.05, 3.63) is 21.9 Å². The van der Waals surface area contributed by atoms with Gasteiger partial charge in [-0.05, 0) is 43.3 Å². The Hall–Kier alpha value is -0.340. The minimum atomic E-state index is 0.582. The van der Waals surface area contributed by atoms with Gasteiger partial charge in [0, 0.05) is 10.9 Å². The molecule has 1 heterocycles. The number of hydrogen-bond donors (Lipinski definition) is 1. The molecular weight excluding hydrogens is 226 g/mol. The van der Waals surface area contributed by atoms with Gasteiger partial charge in [0.2, 0.25) is 0 Å². The second kappa shape index (κ2) is 6.55. The molecule has 0 bridgehead atoms. The van der Waals surface area contributed by atoms with Gasteiger partial charge in [0.1, 0.15) is 0 Å². The summed E-state index contributed by atoms with van der Waals surface area (Å²) in [7, 11) is 2.11. The Bertz CT molecular complexity index is 323. The van der Waals surface area contributed by atoms with E-state index in [2.05, 4.69) is 30.7 Å². The fourth-order valence-electron chi connectivity index (χ4n) is 3.03. The molecule has 1 N–H and O–H groups in total. The van der Waals surface area contributed by atoms with Gasteiger partial charge in [-0.25, -0.2) is 0 Å². The molecule has 1 aromatic rings. The number of thiophene rings is 1. The molecule has 17 heavy (non-hydrogen) atoms. The quantitative estimate of drug-likeness (QED) is 0.766. The van der Waals surface area contributed by atoms with Crippen molar-refractivity contribution in [2.75, 3.05) is 7.05 Å². The highest BCUT2D eigenvalue weighted by atomic mass is 32.1. The summed E-state index contributed by atoms with van der Waals surface area (Å²) in [5, 5.41) is 5.75. The van der Waals surface area contributed by atoms with Crippen LogP contribution in [0.25, 0.3) is 0 Å². The van der Waals surface area contributed by atoms with Crippen molar-refractivity contribution in [1.29, 1.82) is 0 Å². The van der Waals surface area contributed by atoms with E-state index < -0.39 is 0 Å². The van der Waals surface area contributed by atoms with E-state index in [9.17, 15) is 0 Å². The highest BCUT2D eigenvalue weighted by Crippen LogP contribution is 2.33. The molecular formula is C15H25NS. The summed E-state index contributed by atoms with van der Waals surface area (Å²) in [5.74, 6) is 0.941. The molecule has 1 atom stereocenters. The van der Waals surface area contributed by atoms with E-state index in [4.69, 9.17) is 0 Å². The molecule has 0 radical (unpaired) electrons. The zero-order chi connectivity index (χ0) is 12.1. The fourth-order valence-corrected chi connectivity index (χ4v) is 4.08. The summed E-state index contributed by atoms with van der Waals surface area (Å²) < 4.78 is 0. The van der Waals surface area contributed by atoms with Gasteiger partial charge in [-0.15, -0.1) is 11.3 Å². The zero-order valence-corrected chi connectivity index (χ0v) is 12.0. The third-order valence-corrected chi connectivity index (χ3v) is 5.24. The van der Waals surface area contributed by atoms with Gasteiger partial charge >= 0.3 is 0 Å². The second-order valence-electron chi connectivity index (χ2n) is 5.40. The molecule has 1 nitrogen and oxygen atoms in total. The smallest absolute Gasteiger partial charge is 0.0417 e. The lowest BCUT2D eigenvalue weighted by molar-refractivity contribution is 0.370. The third-order valence-electron chi connectivity index (χ3n) is 4.11. The normalized spacial score (nSPS) is 20.1. The van der Waals surface area contributed by atoms with Crippen LogP contribution in [0.4, 0.5) is 0 Å².